The molecule has 0 heterocycles. The molecule has 0 nitrogen and oxygen atoms in total. The summed E-state index contributed by atoms with van der Waals surface area (Å²) in [6, 6.07) is 10.7. The second-order valence-electron chi connectivity index (χ2n) is 4.53. The predicted molar refractivity (Wildman–Crippen MR) is 72.4 cm³/mol. The van der Waals surface area contributed by atoms with Crippen molar-refractivity contribution in [2.75, 3.05) is 0 Å². The Bertz CT molecular complexity index is 237. The van der Waals surface area contributed by atoms with Crippen molar-refractivity contribution in [3.05, 3.63) is 42.3 Å². The summed E-state index contributed by atoms with van der Waals surface area (Å²) in [6.07, 6.45) is 13.2. The summed E-state index contributed by atoms with van der Waals surface area (Å²) in [4.78, 5) is 0. The molecule has 1 radical (unpaired) electrons. The van der Waals surface area contributed by atoms with Crippen molar-refractivity contribution >= 4 is 0 Å². The van der Waals surface area contributed by atoms with Gasteiger partial charge in [-0.15, -0.1) is 0 Å². The normalized spacial score (nSPS) is 10.6. The van der Waals surface area contributed by atoms with E-state index in [1.165, 1.54) is 50.5 Å². The molecule has 1 rings (SSSR count). The average molecular weight is 217 g/mol. The van der Waals surface area contributed by atoms with Crippen molar-refractivity contribution in [2.24, 2.45) is 0 Å². The Morgan fingerprint density at radius 1 is 0.875 bits per heavy atom. The molecule has 0 atom stereocenters. The Labute approximate surface area is 101 Å². The van der Waals surface area contributed by atoms with Crippen LogP contribution in [0.1, 0.15) is 57.4 Å². The van der Waals surface area contributed by atoms with Crippen LogP contribution >= 0.6 is 0 Å². The lowest BCUT2D eigenvalue weighted by atomic mass is 10.0. The van der Waals surface area contributed by atoms with Gasteiger partial charge in [0.15, 0.2) is 0 Å². The largest absolute Gasteiger partial charge is 0.0654 e. The van der Waals surface area contributed by atoms with Crippen molar-refractivity contribution in [1.29, 1.82) is 0 Å². The van der Waals surface area contributed by atoms with E-state index < -0.39 is 0 Å². The van der Waals surface area contributed by atoms with E-state index >= 15 is 0 Å². The fraction of sp³-hybridized carbons (Fsp3) is 0.562. The van der Waals surface area contributed by atoms with E-state index in [0.29, 0.717) is 0 Å². The van der Waals surface area contributed by atoms with Crippen molar-refractivity contribution < 1.29 is 0 Å². The Morgan fingerprint density at radius 3 is 2.31 bits per heavy atom. The lowest BCUT2D eigenvalue weighted by Gasteiger charge is -2.02. The van der Waals surface area contributed by atoms with Crippen LogP contribution in [0.25, 0.3) is 0 Å². The molecule has 1 aromatic carbocycles. The van der Waals surface area contributed by atoms with Crippen LogP contribution in [-0.4, -0.2) is 0 Å². The van der Waals surface area contributed by atoms with Gasteiger partial charge in [-0.05, 0) is 24.8 Å². The number of hydrogen-bond donors (Lipinski definition) is 0. The molecule has 0 saturated carbocycles. The first-order valence-electron chi connectivity index (χ1n) is 6.79. The fourth-order valence-electron chi connectivity index (χ4n) is 1.95. The molecule has 0 aromatic heterocycles. The Balaban J connectivity index is 1.89. The molecular weight excluding hydrogens is 192 g/mol. The van der Waals surface area contributed by atoms with Gasteiger partial charge in [-0.25, -0.2) is 0 Å². The summed E-state index contributed by atoms with van der Waals surface area (Å²) in [5, 5.41) is 0. The van der Waals surface area contributed by atoms with Gasteiger partial charge in [-0.1, -0.05) is 75.8 Å². The molecule has 1 aromatic rings. The van der Waals surface area contributed by atoms with Gasteiger partial charge in [0.1, 0.15) is 0 Å². The third kappa shape index (κ3) is 6.66. The van der Waals surface area contributed by atoms with Crippen LogP contribution in [0.3, 0.4) is 0 Å². The summed E-state index contributed by atoms with van der Waals surface area (Å²) < 4.78 is 0. The third-order valence-corrected chi connectivity index (χ3v) is 2.98. The molecule has 16 heavy (non-hydrogen) atoms. The van der Waals surface area contributed by atoms with E-state index in [1.807, 2.05) is 0 Å². The minimum absolute atomic E-state index is 1.13. The van der Waals surface area contributed by atoms with Gasteiger partial charge in [0.25, 0.3) is 0 Å². The van der Waals surface area contributed by atoms with Crippen LogP contribution in [0, 0.1) is 6.42 Å². The number of benzene rings is 1. The minimum atomic E-state index is 1.13. The maximum absolute atomic E-state index is 2.43. The summed E-state index contributed by atoms with van der Waals surface area (Å²) in [7, 11) is 0. The molecule has 0 unspecified atom stereocenters. The van der Waals surface area contributed by atoms with E-state index in [9.17, 15) is 0 Å². The topological polar surface area (TPSA) is 0 Å². The molecule has 0 bridgehead atoms. The second kappa shape index (κ2) is 9.45. The van der Waals surface area contributed by atoms with Crippen molar-refractivity contribution in [3.8, 4) is 0 Å². The second-order valence-corrected chi connectivity index (χ2v) is 4.53. The average Bonchev–Trinajstić information content (AvgIpc) is 2.34. The van der Waals surface area contributed by atoms with E-state index in [0.717, 1.165) is 6.42 Å². The Kier molecular flexibility index (Phi) is 7.84. The van der Waals surface area contributed by atoms with Gasteiger partial charge in [-0.2, -0.15) is 0 Å². The number of rotatable bonds is 9. The molecule has 0 amide bonds. The van der Waals surface area contributed by atoms with Crippen LogP contribution in [-0.2, 0) is 6.42 Å². The monoisotopic (exact) mass is 217 g/mol. The zero-order valence-corrected chi connectivity index (χ0v) is 10.6. The zero-order valence-electron chi connectivity index (χ0n) is 10.6. The molecular formula is C16H25. The van der Waals surface area contributed by atoms with E-state index in [-0.39, 0.29) is 0 Å². The molecule has 0 spiro atoms. The molecule has 0 heteroatoms. The van der Waals surface area contributed by atoms with Crippen LogP contribution in [0.15, 0.2) is 30.3 Å². The first-order valence-corrected chi connectivity index (χ1v) is 6.79. The Morgan fingerprint density at radius 2 is 1.56 bits per heavy atom. The summed E-state index contributed by atoms with van der Waals surface area (Å²) in [5.41, 5.74) is 1.44. The Hall–Kier alpha value is -0.780. The maximum Gasteiger partial charge on any atom is -0.0248 e. The highest BCUT2D eigenvalue weighted by Gasteiger charge is 1.93. The van der Waals surface area contributed by atoms with Gasteiger partial charge < -0.3 is 0 Å². The smallest absolute Gasteiger partial charge is 0.0248 e. The van der Waals surface area contributed by atoms with E-state index in [2.05, 4.69) is 43.7 Å². The summed E-state index contributed by atoms with van der Waals surface area (Å²) in [6.45, 7) is 2.27. The zero-order chi connectivity index (χ0) is 11.5. The molecule has 0 aliphatic carbocycles. The van der Waals surface area contributed by atoms with Crippen LogP contribution < -0.4 is 0 Å². The molecule has 0 N–H and O–H groups in total. The van der Waals surface area contributed by atoms with Gasteiger partial charge in [0, 0.05) is 0 Å². The quantitative estimate of drug-likeness (QED) is 0.500. The first-order chi connectivity index (χ1) is 7.93. The van der Waals surface area contributed by atoms with Crippen LogP contribution in [0.5, 0.6) is 0 Å². The lowest BCUT2D eigenvalue weighted by Crippen LogP contribution is -1.86. The predicted octanol–water partition coefficient (Wildman–Crippen LogP) is 5.18. The lowest BCUT2D eigenvalue weighted by molar-refractivity contribution is 0.603. The molecule has 0 aliphatic heterocycles. The number of hydrogen-bond acceptors (Lipinski definition) is 0. The van der Waals surface area contributed by atoms with E-state index in [1.54, 1.807) is 0 Å². The maximum atomic E-state index is 2.43. The minimum Gasteiger partial charge on any atom is -0.0654 e. The highest BCUT2D eigenvalue weighted by molar-refractivity contribution is 5.16. The summed E-state index contributed by atoms with van der Waals surface area (Å²) in [5.74, 6) is 0. The standard InChI is InChI=1S/C16H25/c1-2-3-4-5-6-7-8-10-13-16-14-11-9-12-15-16/h9-12,14-15H,2-8,13H2,1H3. The first kappa shape index (κ1) is 13.3. The van der Waals surface area contributed by atoms with Gasteiger partial charge in [0.05, 0.1) is 0 Å². The van der Waals surface area contributed by atoms with Crippen molar-refractivity contribution in [1.82, 2.24) is 0 Å². The van der Waals surface area contributed by atoms with Crippen molar-refractivity contribution in [2.45, 2.75) is 58.3 Å². The van der Waals surface area contributed by atoms with Crippen molar-refractivity contribution in [3.63, 3.8) is 0 Å². The van der Waals surface area contributed by atoms with Gasteiger partial charge >= 0.3 is 0 Å². The summed E-state index contributed by atoms with van der Waals surface area (Å²) >= 11 is 0. The SMILES string of the molecule is CCCCCCCC[CH]Cc1ccccc1. The highest BCUT2D eigenvalue weighted by atomic mass is 14.0. The van der Waals surface area contributed by atoms with Crippen LogP contribution in [0.4, 0.5) is 0 Å². The fourth-order valence-corrected chi connectivity index (χ4v) is 1.95. The molecule has 0 saturated heterocycles. The third-order valence-electron chi connectivity index (χ3n) is 2.98. The molecule has 89 valence electrons. The molecule has 0 fully saturated rings. The van der Waals surface area contributed by atoms with Gasteiger partial charge in [-0.3, -0.25) is 0 Å². The van der Waals surface area contributed by atoms with E-state index in [4.69, 9.17) is 0 Å². The molecule has 0 aliphatic rings. The number of unbranched alkanes of at least 4 members (excludes halogenated alkanes) is 7. The van der Waals surface area contributed by atoms with Crippen LogP contribution in [0.2, 0.25) is 0 Å². The highest BCUT2D eigenvalue weighted by Crippen LogP contribution is 2.10. The van der Waals surface area contributed by atoms with Gasteiger partial charge in [0.2, 0.25) is 0 Å².